The number of carbonyl (C=O) groups is 2. The minimum absolute atomic E-state index is 0.0126. The number of amides is 2. The topological polar surface area (TPSA) is 84.7 Å². The Morgan fingerprint density at radius 3 is 2.76 bits per heavy atom. The van der Waals surface area contributed by atoms with Crippen molar-refractivity contribution < 1.29 is 14.3 Å². The van der Waals surface area contributed by atoms with Gasteiger partial charge in [-0.25, -0.2) is 0 Å². The van der Waals surface area contributed by atoms with E-state index in [0.29, 0.717) is 24.4 Å². The second-order valence-electron chi connectivity index (χ2n) is 4.59. The van der Waals surface area contributed by atoms with Crippen LogP contribution < -0.4 is 11.1 Å². The van der Waals surface area contributed by atoms with E-state index >= 15 is 0 Å². The molecule has 0 bridgehead atoms. The molecule has 7 heteroatoms. The van der Waals surface area contributed by atoms with Gasteiger partial charge in [0.15, 0.2) is 0 Å². The predicted octanol–water partition coefficient (Wildman–Crippen LogP) is 1.26. The maximum atomic E-state index is 12.2. The Bertz CT molecular complexity index is 508. The molecular formula is C14H20BrN3O3. The number of nitrogen functional groups attached to an aromatic ring is 1. The minimum Gasteiger partial charge on any atom is -0.398 e. The van der Waals surface area contributed by atoms with Crippen molar-refractivity contribution in [2.75, 3.05) is 39.6 Å². The molecule has 116 valence electrons. The summed E-state index contributed by atoms with van der Waals surface area (Å²) >= 11 is 3.28. The highest BCUT2D eigenvalue weighted by molar-refractivity contribution is 9.10. The summed E-state index contributed by atoms with van der Waals surface area (Å²) in [5.74, 6) is -0.496. The molecular weight excluding hydrogens is 338 g/mol. The highest BCUT2D eigenvalue weighted by Crippen LogP contribution is 2.19. The number of nitrogens with zero attached hydrogens (tertiary/aromatic N) is 1. The first-order chi connectivity index (χ1) is 9.95. The third-order valence-electron chi connectivity index (χ3n) is 2.82. The van der Waals surface area contributed by atoms with E-state index in [9.17, 15) is 9.59 Å². The molecule has 1 aromatic carbocycles. The first kappa shape index (κ1) is 17.5. The van der Waals surface area contributed by atoms with Crippen LogP contribution in [0.3, 0.4) is 0 Å². The quantitative estimate of drug-likeness (QED) is 0.568. The van der Waals surface area contributed by atoms with Crippen molar-refractivity contribution in [2.24, 2.45) is 0 Å². The molecule has 0 aliphatic heterocycles. The van der Waals surface area contributed by atoms with Gasteiger partial charge in [-0.3, -0.25) is 9.59 Å². The van der Waals surface area contributed by atoms with Gasteiger partial charge >= 0.3 is 0 Å². The molecule has 0 spiro atoms. The van der Waals surface area contributed by atoms with Crippen LogP contribution in [-0.4, -0.2) is 50.6 Å². The van der Waals surface area contributed by atoms with Crippen molar-refractivity contribution in [3.05, 3.63) is 28.2 Å². The lowest BCUT2D eigenvalue weighted by atomic mass is 10.1. The van der Waals surface area contributed by atoms with Crippen LogP contribution in [0.1, 0.15) is 16.8 Å². The fourth-order valence-corrected chi connectivity index (χ4v) is 2.10. The normalized spacial score (nSPS) is 10.2. The summed E-state index contributed by atoms with van der Waals surface area (Å²) in [5.41, 5.74) is 6.57. The molecule has 0 atom stereocenters. The number of likely N-dealkylation sites (N-methyl/N-ethyl adjacent to an activating group) is 1. The molecule has 0 aromatic heterocycles. The first-order valence-electron chi connectivity index (χ1n) is 6.52. The average Bonchev–Trinajstić information content (AvgIpc) is 2.43. The van der Waals surface area contributed by atoms with Crippen LogP contribution in [0.25, 0.3) is 0 Å². The lowest BCUT2D eigenvalue weighted by molar-refractivity contribution is -0.121. The molecule has 0 aliphatic rings. The monoisotopic (exact) mass is 357 g/mol. The molecule has 1 rings (SSSR count). The Kier molecular flexibility index (Phi) is 7.18. The highest BCUT2D eigenvalue weighted by Gasteiger charge is 2.17. The standard InChI is InChI=1S/C14H20BrN3O3/c1-18(9-13(19)17-6-3-7-21-2)14(20)11-5-4-10(15)8-12(11)16/h4-5,8H,3,6-7,9,16H2,1-2H3,(H,17,19). The van der Waals surface area contributed by atoms with E-state index in [-0.39, 0.29) is 18.4 Å². The van der Waals surface area contributed by atoms with Crippen molar-refractivity contribution in [1.82, 2.24) is 10.2 Å². The van der Waals surface area contributed by atoms with E-state index in [0.717, 1.165) is 10.9 Å². The van der Waals surface area contributed by atoms with Gasteiger partial charge in [-0.1, -0.05) is 15.9 Å². The van der Waals surface area contributed by atoms with Crippen molar-refractivity contribution in [3.63, 3.8) is 0 Å². The summed E-state index contributed by atoms with van der Waals surface area (Å²) in [6, 6.07) is 5.03. The van der Waals surface area contributed by atoms with Gasteiger partial charge in [-0.05, 0) is 24.6 Å². The van der Waals surface area contributed by atoms with Crippen molar-refractivity contribution in [1.29, 1.82) is 0 Å². The molecule has 0 heterocycles. The molecule has 6 nitrogen and oxygen atoms in total. The molecule has 0 radical (unpaired) electrons. The summed E-state index contributed by atoms with van der Waals surface area (Å²) in [7, 11) is 3.18. The molecule has 0 unspecified atom stereocenters. The van der Waals surface area contributed by atoms with Gasteiger partial charge in [0.1, 0.15) is 0 Å². The van der Waals surface area contributed by atoms with E-state index in [1.807, 2.05) is 0 Å². The number of nitrogens with one attached hydrogen (secondary N) is 1. The summed E-state index contributed by atoms with van der Waals surface area (Å²) in [5, 5.41) is 2.73. The van der Waals surface area contributed by atoms with E-state index in [1.54, 1.807) is 32.4 Å². The van der Waals surface area contributed by atoms with Crippen molar-refractivity contribution >= 4 is 33.4 Å². The van der Waals surface area contributed by atoms with Gasteiger partial charge in [-0.2, -0.15) is 0 Å². The van der Waals surface area contributed by atoms with Gasteiger partial charge < -0.3 is 20.7 Å². The second-order valence-corrected chi connectivity index (χ2v) is 5.50. The van der Waals surface area contributed by atoms with Crippen LogP contribution in [0, 0.1) is 0 Å². The Labute approximate surface area is 132 Å². The maximum Gasteiger partial charge on any atom is 0.256 e. The number of carbonyl (C=O) groups excluding carboxylic acids is 2. The maximum absolute atomic E-state index is 12.2. The fourth-order valence-electron chi connectivity index (χ4n) is 1.72. The molecule has 1 aromatic rings. The number of anilines is 1. The Balaban J connectivity index is 2.52. The highest BCUT2D eigenvalue weighted by atomic mass is 79.9. The van der Waals surface area contributed by atoms with E-state index in [2.05, 4.69) is 21.2 Å². The van der Waals surface area contributed by atoms with Crippen LogP contribution in [0.4, 0.5) is 5.69 Å². The molecule has 21 heavy (non-hydrogen) atoms. The average molecular weight is 358 g/mol. The number of hydrogen-bond donors (Lipinski definition) is 2. The van der Waals surface area contributed by atoms with Crippen LogP contribution in [-0.2, 0) is 9.53 Å². The van der Waals surface area contributed by atoms with Crippen LogP contribution in [0.5, 0.6) is 0 Å². The summed E-state index contributed by atoms with van der Waals surface area (Å²) in [4.78, 5) is 25.3. The van der Waals surface area contributed by atoms with Crippen molar-refractivity contribution in [2.45, 2.75) is 6.42 Å². The zero-order valence-electron chi connectivity index (χ0n) is 12.2. The Hall–Kier alpha value is -1.60. The third-order valence-corrected chi connectivity index (χ3v) is 3.31. The summed E-state index contributed by atoms with van der Waals surface area (Å²) < 4.78 is 5.69. The van der Waals surface area contributed by atoms with E-state index in [4.69, 9.17) is 10.5 Å². The zero-order chi connectivity index (χ0) is 15.8. The smallest absolute Gasteiger partial charge is 0.256 e. The molecule has 3 N–H and O–H groups in total. The zero-order valence-corrected chi connectivity index (χ0v) is 13.8. The van der Waals surface area contributed by atoms with Crippen LogP contribution >= 0.6 is 15.9 Å². The molecule has 0 aliphatic carbocycles. The minimum atomic E-state index is -0.285. The third kappa shape index (κ3) is 5.73. The van der Waals surface area contributed by atoms with Crippen molar-refractivity contribution in [3.8, 4) is 0 Å². The summed E-state index contributed by atoms with van der Waals surface area (Å²) in [6.45, 7) is 1.10. The Morgan fingerprint density at radius 1 is 1.43 bits per heavy atom. The summed E-state index contributed by atoms with van der Waals surface area (Å²) in [6.07, 6.45) is 0.736. The van der Waals surface area contributed by atoms with Gasteiger partial charge in [0.05, 0.1) is 12.1 Å². The number of hydrogen-bond acceptors (Lipinski definition) is 4. The first-order valence-corrected chi connectivity index (χ1v) is 7.31. The molecule has 0 saturated carbocycles. The Morgan fingerprint density at radius 2 is 2.14 bits per heavy atom. The second kappa shape index (κ2) is 8.63. The lowest BCUT2D eigenvalue weighted by Crippen LogP contribution is -2.39. The number of ether oxygens (including phenoxy) is 1. The molecule has 0 saturated heterocycles. The number of nitrogens with two attached hydrogens (primary N) is 1. The number of benzene rings is 1. The SMILES string of the molecule is COCCCNC(=O)CN(C)C(=O)c1ccc(Br)cc1N. The van der Waals surface area contributed by atoms with Crippen LogP contribution in [0.15, 0.2) is 22.7 Å². The van der Waals surface area contributed by atoms with Gasteiger partial charge in [0.2, 0.25) is 5.91 Å². The van der Waals surface area contributed by atoms with E-state index in [1.165, 1.54) is 4.90 Å². The largest absolute Gasteiger partial charge is 0.398 e. The number of halogens is 1. The predicted molar refractivity (Wildman–Crippen MR) is 85.0 cm³/mol. The van der Waals surface area contributed by atoms with Crippen LogP contribution in [0.2, 0.25) is 0 Å². The van der Waals surface area contributed by atoms with Gasteiger partial charge in [0.25, 0.3) is 5.91 Å². The number of rotatable bonds is 7. The molecule has 2 amide bonds. The molecule has 0 fully saturated rings. The van der Waals surface area contributed by atoms with Gasteiger partial charge in [0, 0.05) is 37.5 Å². The number of methoxy groups -OCH3 is 1. The van der Waals surface area contributed by atoms with Gasteiger partial charge in [-0.15, -0.1) is 0 Å². The lowest BCUT2D eigenvalue weighted by Gasteiger charge is -2.18. The van der Waals surface area contributed by atoms with E-state index < -0.39 is 0 Å². The fraction of sp³-hybridized carbons (Fsp3) is 0.429.